The second kappa shape index (κ2) is 6.01. The first-order valence-electron chi connectivity index (χ1n) is 8.31. The van der Waals surface area contributed by atoms with Crippen LogP contribution < -0.4 is 5.32 Å². The molecule has 0 bridgehead atoms. The molecule has 0 saturated carbocycles. The first-order valence-corrected chi connectivity index (χ1v) is 8.31. The lowest BCUT2D eigenvalue weighted by molar-refractivity contribution is 0.102. The molecule has 2 aromatic carbocycles. The molecule has 0 unspecified atom stereocenters. The Hall–Kier alpha value is -3.22. The van der Waals surface area contributed by atoms with Gasteiger partial charge in [0.25, 0.3) is 5.91 Å². The summed E-state index contributed by atoms with van der Waals surface area (Å²) in [5.41, 5.74) is 4.02. The summed E-state index contributed by atoms with van der Waals surface area (Å²) in [5, 5.41) is 11.1. The monoisotopic (exact) mass is 334 g/mol. The summed E-state index contributed by atoms with van der Waals surface area (Å²) in [5.74, 6) is 0.337. The summed E-state index contributed by atoms with van der Waals surface area (Å²) in [6.45, 7) is 5.49. The predicted molar refractivity (Wildman–Crippen MR) is 96.6 cm³/mol. The van der Waals surface area contributed by atoms with Crippen molar-refractivity contribution in [3.63, 3.8) is 0 Å². The van der Waals surface area contributed by atoms with E-state index in [-0.39, 0.29) is 5.91 Å². The number of carbonyl (C=O) groups is 1. The summed E-state index contributed by atoms with van der Waals surface area (Å²) < 4.78 is 3.78. The minimum Gasteiger partial charge on any atom is -0.310 e. The lowest BCUT2D eigenvalue weighted by atomic mass is 10.2. The van der Waals surface area contributed by atoms with Gasteiger partial charge in [0.1, 0.15) is 5.52 Å². The molecule has 1 amide bonds. The number of hydrogen-bond donors (Lipinski definition) is 1. The van der Waals surface area contributed by atoms with Crippen molar-refractivity contribution < 1.29 is 4.79 Å². The minimum absolute atomic E-state index is 0.210. The van der Waals surface area contributed by atoms with Crippen molar-refractivity contribution in [2.45, 2.75) is 26.9 Å². The summed E-state index contributed by atoms with van der Waals surface area (Å²) in [6.07, 6.45) is 0. The van der Waals surface area contributed by atoms with Crippen molar-refractivity contribution in [3.05, 3.63) is 48.0 Å². The third kappa shape index (κ3) is 2.53. The van der Waals surface area contributed by atoms with Crippen molar-refractivity contribution >= 4 is 33.9 Å². The average molecular weight is 334 g/mol. The Balaban J connectivity index is 1.68. The Morgan fingerprint density at radius 1 is 1.04 bits per heavy atom. The van der Waals surface area contributed by atoms with Gasteiger partial charge in [0.2, 0.25) is 5.95 Å². The van der Waals surface area contributed by atoms with Crippen LogP contribution in [0.2, 0.25) is 0 Å². The second-order valence-electron chi connectivity index (χ2n) is 5.73. The van der Waals surface area contributed by atoms with Gasteiger partial charge in [-0.2, -0.15) is 0 Å². The number of amides is 1. The second-order valence-corrected chi connectivity index (χ2v) is 5.73. The normalized spacial score (nSPS) is 11.3. The number of fused-ring (bicyclic) bond motifs is 2. The van der Waals surface area contributed by atoms with Gasteiger partial charge in [-0.3, -0.25) is 10.1 Å². The Morgan fingerprint density at radius 3 is 2.68 bits per heavy atom. The van der Waals surface area contributed by atoms with E-state index in [4.69, 9.17) is 0 Å². The Morgan fingerprint density at radius 2 is 1.88 bits per heavy atom. The molecule has 7 nitrogen and oxygen atoms in total. The van der Waals surface area contributed by atoms with E-state index in [9.17, 15) is 4.79 Å². The van der Waals surface area contributed by atoms with E-state index in [1.807, 2.05) is 48.7 Å². The van der Waals surface area contributed by atoms with Gasteiger partial charge in [-0.05, 0) is 44.2 Å². The van der Waals surface area contributed by atoms with Gasteiger partial charge in [0, 0.05) is 18.7 Å². The first kappa shape index (κ1) is 15.3. The molecule has 0 aliphatic rings. The van der Waals surface area contributed by atoms with Gasteiger partial charge in [-0.15, -0.1) is 5.10 Å². The molecular weight excluding hydrogens is 316 g/mol. The molecule has 25 heavy (non-hydrogen) atoms. The van der Waals surface area contributed by atoms with Crippen LogP contribution in [0.4, 0.5) is 5.95 Å². The highest BCUT2D eigenvalue weighted by Crippen LogP contribution is 2.20. The maximum absolute atomic E-state index is 12.7. The largest absolute Gasteiger partial charge is 0.310 e. The molecular formula is C18H18N6O. The predicted octanol–water partition coefficient (Wildman–Crippen LogP) is 3.07. The third-order valence-electron chi connectivity index (χ3n) is 4.27. The van der Waals surface area contributed by atoms with Gasteiger partial charge < -0.3 is 4.57 Å². The molecule has 1 N–H and O–H groups in total. The molecule has 0 spiro atoms. The van der Waals surface area contributed by atoms with E-state index in [0.717, 1.165) is 29.6 Å². The maximum atomic E-state index is 12.7. The number of aryl methyl sites for hydroxylation is 2. The fraction of sp³-hybridized carbons (Fsp3) is 0.222. The molecule has 0 saturated heterocycles. The Kier molecular flexibility index (Phi) is 3.68. The number of nitrogens with zero attached hydrogens (tertiary/aromatic N) is 5. The van der Waals surface area contributed by atoms with Gasteiger partial charge in [0.15, 0.2) is 0 Å². The van der Waals surface area contributed by atoms with Gasteiger partial charge >= 0.3 is 0 Å². The fourth-order valence-electron chi connectivity index (χ4n) is 3.01. The number of imidazole rings is 1. The molecule has 0 aliphatic carbocycles. The molecule has 4 aromatic rings. The van der Waals surface area contributed by atoms with E-state index in [0.29, 0.717) is 17.0 Å². The summed E-state index contributed by atoms with van der Waals surface area (Å²) >= 11 is 0. The van der Waals surface area contributed by atoms with Crippen molar-refractivity contribution in [1.82, 2.24) is 24.5 Å². The number of para-hydroxylation sites is 2. The molecule has 0 aliphatic heterocycles. The van der Waals surface area contributed by atoms with Gasteiger partial charge in [0.05, 0.1) is 16.6 Å². The van der Waals surface area contributed by atoms with E-state index in [1.165, 1.54) is 0 Å². The summed E-state index contributed by atoms with van der Waals surface area (Å²) in [6, 6.07) is 13.2. The zero-order valence-corrected chi connectivity index (χ0v) is 14.1. The van der Waals surface area contributed by atoms with Crippen molar-refractivity contribution in [2.75, 3.05) is 5.32 Å². The number of benzene rings is 2. The Labute approximate surface area is 144 Å². The standard InChI is InChI=1S/C18H18N6O/c1-3-23-15-8-6-5-7-13(15)19-18(23)20-17(25)12-9-10-16-14(11-12)21-22-24(16)4-2/h5-11H,3-4H2,1-2H3,(H,19,20,25). The quantitative estimate of drug-likeness (QED) is 0.622. The number of carbonyl (C=O) groups excluding carboxylic acids is 1. The SMILES string of the molecule is CCn1nnc2cc(C(=O)Nc3nc4ccccc4n3CC)ccc21. The van der Waals surface area contributed by atoms with Crippen LogP contribution in [0, 0.1) is 0 Å². The molecule has 2 aromatic heterocycles. The number of rotatable bonds is 4. The molecule has 0 atom stereocenters. The van der Waals surface area contributed by atoms with Crippen LogP contribution in [0.25, 0.3) is 22.1 Å². The molecule has 4 rings (SSSR count). The minimum atomic E-state index is -0.210. The zero-order chi connectivity index (χ0) is 17.4. The molecule has 0 fully saturated rings. The van der Waals surface area contributed by atoms with Crippen molar-refractivity contribution in [3.8, 4) is 0 Å². The van der Waals surface area contributed by atoms with Crippen LogP contribution >= 0.6 is 0 Å². The molecule has 0 radical (unpaired) electrons. The van der Waals surface area contributed by atoms with Crippen LogP contribution in [0.5, 0.6) is 0 Å². The van der Waals surface area contributed by atoms with Gasteiger partial charge in [-0.25, -0.2) is 9.67 Å². The van der Waals surface area contributed by atoms with Crippen LogP contribution in [-0.2, 0) is 13.1 Å². The number of nitrogens with one attached hydrogen (secondary N) is 1. The Bertz CT molecular complexity index is 1080. The highest BCUT2D eigenvalue weighted by Gasteiger charge is 2.14. The smallest absolute Gasteiger partial charge is 0.258 e. The van der Waals surface area contributed by atoms with E-state index >= 15 is 0 Å². The molecule has 126 valence electrons. The highest BCUT2D eigenvalue weighted by atomic mass is 16.1. The summed E-state index contributed by atoms with van der Waals surface area (Å²) in [7, 11) is 0. The van der Waals surface area contributed by atoms with Crippen LogP contribution in [0.1, 0.15) is 24.2 Å². The number of anilines is 1. The topological polar surface area (TPSA) is 77.6 Å². The fourth-order valence-corrected chi connectivity index (χ4v) is 3.01. The zero-order valence-electron chi connectivity index (χ0n) is 14.1. The third-order valence-corrected chi connectivity index (χ3v) is 4.27. The van der Waals surface area contributed by atoms with E-state index in [1.54, 1.807) is 16.8 Å². The van der Waals surface area contributed by atoms with E-state index in [2.05, 4.69) is 20.6 Å². The maximum Gasteiger partial charge on any atom is 0.258 e. The van der Waals surface area contributed by atoms with E-state index < -0.39 is 0 Å². The highest BCUT2D eigenvalue weighted by molar-refractivity contribution is 6.05. The van der Waals surface area contributed by atoms with Gasteiger partial charge in [-0.1, -0.05) is 17.3 Å². The number of aromatic nitrogens is 5. The van der Waals surface area contributed by atoms with Crippen molar-refractivity contribution in [1.29, 1.82) is 0 Å². The number of hydrogen-bond acceptors (Lipinski definition) is 4. The molecule has 7 heteroatoms. The van der Waals surface area contributed by atoms with Crippen LogP contribution in [0.3, 0.4) is 0 Å². The summed E-state index contributed by atoms with van der Waals surface area (Å²) in [4.78, 5) is 17.2. The van der Waals surface area contributed by atoms with Crippen molar-refractivity contribution in [2.24, 2.45) is 0 Å². The van der Waals surface area contributed by atoms with Crippen LogP contribution in [-0.4, -0.2) is 30.5 Å². The van der Waals surface area contributed by atoms with Crippen LogP contribution in [0.15, 0.2) is 42.5 Å². The lowest BCUT2D eigenvalue weighted by Gasteiger charge is -2.07. The first-order chi connectivity index (χ1) is 12.2. The molecule has 2 heterocycles. The lowest BCUT2D eigenvalue weighted by Crippen LogP contribution is -2.15. The average Bonchev–Trinajstić information content (AvgIpc) is 3.21.